The number of ether oxygens (including phenoxy) is 2. The molecular weight excluding hydrogens is 361 g/mol. The molecule has 0 aliphatic carbocycles. The van der Waals surface area contributed by atoms with E-state index in [1.807, 2.05) is 35.2 Å². The van der Waals surface area contributed by atoms with Gasteiger partial charge in [-0.05, 0) is 23.8 Å². The normalized spacial score (nSPS) is 19.8. The minimum atomic E-state index is -0.440. The fourth-order valence-electron chi connectivity index (χ4n) is 3.54. The van der Waals surface area contributed by atoms with Gasteiger partial charge >= 0.3 is 6.09 Å². The number of rotatable bonds is 6. The number of cyclic esters (lactones) is 1. The van der Waals surface area contributed by atoms with Crippen molar-refractivity contribution in [2.75, 3.05) is 49.2 Å². The van der Waals surface area contributed by atoms with Crippen molar-refractivity contribution in [2.45, 2.75) is 12.6 Å². The largest absolute Gasteiger partial charge is 0.443 e. The van der Waals surface area contributed by atoms with Gasteiger partial charge in [-0.25, -0.2) is 9.18 Å². The van der Waals surface area contributed by atoms with Crippen LogP contribution in [-0.4, -0.2) is 51.6 Å². The highest BCUT2D eigenvalue weighted by Gasteiger charge is 2.32. The molecule has 1 N–H and O–H groups in total. The topological polar surface area (TPSA) is 54.0 Å². The first-order valence-electron chi connectivity index (χ1n) is 9.56. The van der Waals surface area contributed by atoms with E-state index in [1.54, 1.807) is 12.1 Å². The zero-order valence-electron chi connectivity index (χ0n) is 15.6. The molecular formula is C21H24FN3O3. The SMILES string of the molecule is O=C1OC(CNCc2ccccc2)CN1c1ccc(N2CCOCC2)c(F)c1. The molecule has 2 aliphatic rings. The van der Waals surface area contributed by atoms with E-state index in [0.717, 1.165) is 0 Å². The number of amides is 1. The van der Waals surface area contributed by atoms with Crippen molar-refractivity contribution in [3.05, 3.63) is 59.9 Å². The number of benzene rings is 2. The van der Waals surface area contributed by atoms with Crippen LogP contribution in [0.15, 0.2) is 48.5 Å². The van der Waals surface area contributed by atoms with Gasteiger partial charge in [0.2, 0.25) is 0 Å². The van der Waals surface area contributed by atoms with Crippen molar-refractivity contribution < 1.29 is 18.7 Å². The Morgan fingerprint density at radius 1 is 1.11 bits per heavy atom. The lowest BCUT2D eigenvalue weighted by molar-refractivity contribution is 0.122. The third-order valence-electron chi connectivity index (χ3n) is 5.01. The molecule has 1 amide bonds. The van der Waals surface area contributed by atoms with Gasteiger partial charge in [-0.1, -0.05) is 30.3 Å². The van der Waals surface area contributed by atoms with E-state index < -0.39 is 6.09 Å². The van der Waals surface area contributed by atoms with Crippen molar-refractivity contribution in [3.8, 4) is 0 Å². The van der Waals surface area contributed by atoms with Crippen molar-refractivity contribution in [3.63, 3.8) is 0 Å². The van der Waals surface area contributed by atoms with Crippen molar-refractivity contribution in [1.82, 2.24) is 5.32 Å². The molecule has 7 heteroatoms. The Bertz CT molecular complexity index is 812. The standard InChI is InChI=1S/C21H24FN3O3/c22-19-12-17(6-7-20(19)24-8-10-27-11-9-24)25-15-18(28-21(25)26)14-23-13-16-4-2-1-3-5-16/h1-7,12,18,23H,8-11,13-15H2. The summed E-state index contributed by atoms with van der Waals surface area (Å²) in [7, 11) is 0. The molecule has 2 aromatic rings. The minimum absolute atomic E-state index is 0.266. The summed E-state index contributed by atoms with van der Waals surface area (Å²) < 4.78 is 25.4. The van der Waals surface area contributed by atoms with Crippen molar-refractivity contribution in [2.24, 2.45) is 0 Å². The molecule has 4 rings (SSSR count). The summed E-state index contributed by atoms with van der Waals surface area (Å²) in [6.45, 7) is 4.17. The average Bonchev–Trinajstić information content (AvgIpc) is 3.10. The number of nitrogens with one attached hydrogen (secondary N) is 1. The van der Waals surface area contributed by atoms with Crippen LogP contribution in [0.5, 0.6) is 0 Å². The summed E-state index contributed by atoms with van der Waals surface area (Å²) in [6.07, 6.45) is -0.705. The highest BCUT2D eigenvalue weighted by molar-refractivity contribution is 5.90. The van der Waals surface area contributed by atoms with Gasteiger partial charge in [0.1, 0.15) is 11.9 Å². The van der Waals surface area contributed by atoms with Gasteiger partial charge in [0.15, 0.2) is 0 Å². The monoisotopic (exact) mass is 385 g/mol. The van der Waals surface area contributed by atoms with Gasteiger partial charge in [0.05, 0.1) is 31.1 Å². The Morgan fingerprint density at radius 2 is 1.89 bits per heavy atom. The quantitative estimate of drug-likeness (QED) is 0.829. The van der Waals surface area contributed by atoms with Crippen LogP contribution in [0.2, 0.25) is 0 Å². The van der Waals surface area contributed by atoms with Crippen LogP contribution in [0, 0.1) is 5.82 Å². The van der Waals surface area contributed by atoms with Crippen LogP contribution in [0.25, 0.3) is 0 Å². The molecule has 148 valence electrons. The maximum atomic E-state index is 14.6. The lowest BCUT2D eigenvalue weighted by Crippen LogP contribution is -2.36. The second-order valence-electron chi connectivity index (χ2n) is 6.97. The maximum absolute atomic E-state index is 14.6. The number of hydrogen-bond acceptors (Lipinski definition) is 5. The molecule has 2 heterocycles. The summed E-state index contributed by atoms with van der Waals surface area (Å²) in [4.78, 5) is 15.7. The number of carbonyl (C=O) groups is 1. The molecule has 0 radical (unpaired) electrons. The number of anilines is 2. The predicted molar refractivity (Wildman–Crippen MR) is 105 cm³/mol. The first kappa shape index (κ1) is 18.7. The van der Waals surface area contributed by atoms with Crippen LogP contribution in [-0.2, 0) is 16.0 Å². The molecule has 0 saturated carbocycles. The number of morpholine rings is 1. The second-order valence-corrected chi connectivity index (χ2v) is 6.97. The summed E-state index contributed by atoms with van der Waals surface area (Å²) >= 11 is 0. The van der Waals surface area contributed by atoms with Crippen molar-refractivity contribution >= 4 is 17.5 Å². The minimum Gasteiger partial charge on any atom is -0.443 e. The Hall–Kier alpha value is -2.64. The third kappa shape index (κ3) is 4.26. The molecule has 2 aliphatic heterocycles. The number of carbonyl (C=O) groups excluding carboxylic acids is 1. The van der Waals surface area contributed by atoms with Gasteiger partial charge in [-0.2, -0.15) is 0 Å². The lowest BCUT2D eigenvalue weighted by atomic mass is 10.2. The highest BCUT2D eigenvalue weighted by Crippen LogP contribution is 2.28. The second kappa shape index (κ2) is 8.58. The molecule has 28 heavy (non-hydrogen) atoms. The molecule has 1 unspecified atom stereocenters. The Morgan fingerprint density at radius 3 is 2.64 bits per heavy atom. The van der Waals surface area contributed by atoms with Crippen LogP contribution >= 0.6 is 0 Å². The van der Waals surface area contributed by atoms with E-state index in [4.69, 9.17) is 9.47 Å². The fraction of sp³-hybridized carbons (Fsp3) is 0.381. The fourth-order valence-corrected chi connectivity index (χ4v) is 3.54. The molecule has 0 aromatic heterocycles. The Kier molecular flexibility index (Phi) is 5.73. The van der Waals surface area contributed by atoms with Crippen LogP contribution in [0.3, 0.4) is 0 Å². The lowest BCUT2D eigenvalue weighted by Gasteiger charge is -2.29. The average molecular weight is 385 g/mol. The smallest absolute Gasteiger partial charge is 0.414 e. The third-order valence-corrected chi connectivity index (χ3v) is 5.01. The Labute approximate surface area is 163 Å². The molecule has 0 spiro atoms. The molecule has 2 saturated heterocycles. The summed E-state index contributed by atoms with van der Waals surface area (Å²) in [5, 5.41) is 3.30. The van der Waals surface area contributed by atoms with E-state index in [9.17, 15) is 9.18 Å². The van der Waals surface area contributed by atoms with Gasteiger partial charge in [0, 0.05) is 26.2 Å². The summed E-state index contributed by atoms with van der Waals surface area (Å²) in [5.41, 5.74) is 2.23. The van der Waals surface area contributed by atoms with E-state index in [1.165, 1.54) is 16.5 Å². The molecule has 1 atom stereocenters. The molecule has 6 nitrogen and oxygen atoms in total. The van der Waals surface area contributed by atoms with E-state index in [-0.39, 0.29) is 11.9 Å². The first-order chi connectivity index (χ1) is 13.7. The maximum Gasteiger partial charge on any atom is 0.414 e. The van der Waals surface area contributed by atoms with E-state index in [2.05, 4.69) is 5.32 Å². The van der Waals surface area contributed by atoms with Gasteiger partial charge < -0.3 is 19.7 Å². The van der Waals surface area contributed by atoms with Gasteiger partial charge in [-0.15, -0.1) is 0 Å². The molecule has 0 bridgehead atoms. The van der Waals surface area contributed by atoms with Gasteiger partial charge in [0.25, 0.3) is 0 Å². The summed E-state index contributed by atoms with van der Waals surface area (Å²) in [6, 6.07) is 14.9. The van der Waals surface area contributed by atoms with Crippen LogP contribution in [0.4, 0.5) is 20.6 Å². The zero-order valence-corrected chi connectivity index (χ0v) is 15.6. The summed E-state index contributed by atoms with van der Waals surface area (Å²) in [5.74, 6) is -0.335. The van der Waals surface area contributed by atoms with Crippen LogP contribution in [0.1, 0.15) is 5.56 Å². The highest BCUT2D eigenvalue weighted by atomic mass is 19.1. The first-order valence-corrected chi connectivity index (χ1v) is 9.56. The van der Waals surface area contributed by atoms with Gasteiger partial charge in [-0.3, -0.25) is 4.90 Å². The number of hydrogen-bond donors (Lipinski definition) is 1. The zero-order chi connectivity index (χ0) is 19.3. The predicted octanol–water partition coefficient (Wildman–Crippen LogP) is 2.78. The molecule has 2 aromatic carbocycles. The molecule has 2 fully saturated rings. The van der Waals surface area contributed by atoms with Crippen LogP contribution < -0.4 is 15.1 Å². The van der Waals surface area contributed by atoms with Crippen molar-refractivity contribution in [1.29, 1.82) is 0 Å². The van der Waals surface area contributed by atoms with E-state index >= 15 is 0 Å². The van der Waals surface area contributed by atoms with E-state index in [0.29, 0.717) is 57.3 Å². The number of nitrogens with zero attached hydrogens (tertiary/aromatic N) is 2. The number of halogens is 1. The Balaban J connectivity index is 1.35.